The van der Waals surface area contributed by atoms with Crippen molar-refractivity contribution in [3.63, 3.8) is 0 Å². The minimum atomic E-state index is -3.88. The fraction of sp³-hybridized carbons (Fsp3) is 0.500. The van der Waals surface area contributed by atoms with Crippen LogP contribution in [0.5, 0.6) is 0 Å². The van der Waals surface area contributed by atoms with Gasteiger partial charge in [-0.15, -0.1) is 0 Å². The minimum absolute atomic E-state index is 0.0359. The van der Waals surface area contributed by atoms with Crippen molar-refractivity contribution in [2.24, 2.45) is 11.7 Å². The number of hydrogen-bond donors (Lipinski definition) is 1. The predicted octanol–water partition coefficient (Wildman–Crippen LogP) is 1.67. The molecule has 1 aliphatic rings. The number of piperidine rings is 1. The van der Waals surface area contributed by atoms with Gasteiger partial charge in [-0.3, -0.25) is 0 Å². The van der Waals surface area contributed by atoms with Gasteiger partial charge in [0, 0.05) is 6.54 Å². The van der Waals surface area contributed by atoms with Crippen LogP contribution in [0, 0.1) is 17.6 Å². The summed E-state index contributed by atoms with van der Waals surface area (Å²) in [4.78, 5) is -0.268. The molecule has 1 aromatic rings. The van der Waals surface area contributed by atoms with Gasteiger partial charge in [-0.2, -0.15) is 4.31 Å². The van der Waals surface area contributed by atoms with Crippen LogP contribution >= 0.6 is 0 Å². The summed E-state index contributed by atoms with van der Waals surface area (Å²) in [5.41, 5.74) is 5.89. The van der Waals surface area contributed by atoms with Crippen LogP contribution in [0.25, 0.3) is 0 Å². The second-order valence-electron chi connectivity index (χ2n) is 4.80. The number of halogens is 2. The maximum absolute atomic E-state index is 13.2. The van der Waals surface area contributed by atoms with Crippen LogP contribution < -0.4 is 5.73 Å². The highest BCUT2D eigenvalue weighted by Crippen LogP contribution is 2.27. The molecule has 1 fully saturated rings. The summed E-state index contributed by atoms with van der Waals surface area (Å²) in [5, 5.41) is 0. The topological polar surface area (TPSA) is 63.4 Å². The van der Waals surface area contributed by atoms with Gasteiger partial charge in [0.25, 0.3) is 0 Å². The highest BCUT2D eigenvalue weighted by Gasteiger charge is 2.35. The maximum atomic E-state index is 13.2. The van der Waals surface area contributed by atoms with E-state index in [1.165, 1.54) is 0 Å². The van der Waals surface area contributed by atoms with E-state index in [9.17, 15) is 17.2 Å². The smallest absolute Gasteiger partial charge is 0.244 e. The molecule has 0 aliphatic carbocycles. The number of benzene rings is 1. The first kappa shape index (κ1) is 14.4. The SMILES string of the molecule is CC1CCCN(S(=O)(=O)c2ccc(F)c(F)c2)C1N. The first-order valence-electron chi connectivity index (χ1n) is 6.06. The van der Waals surface area contributed by atoms with E-state index in [-0.39, 0.29) is 10.8 Å². The van der Waals surface area contributed by atoms with Crippen molar-refractivity contribution in [1.29, 1.82) is 0 Å². The lowest BCUT2D eigenvalue weighted by Crippen LogP contribution is -2.52. The van der Waals surface area contributed by atoms with Crippen molar-refractivity contribution in [1.82, 2.24) is 4.31 Å². The van der Waals surface area contributed by atoms with E-state index in [0.29, 0.717) is 19.0 Å². The second kappa shape index (κ2) is 5.15. The van der Waals surface area contributed by atoms with Crippen molar-refractivity contribution in [3.05, 3.63) is 29.8 Å². The molecule has 2 atom stereocenters. The number of nitrogens with zero attached hydrogens (tertiary/aromatic N) is 1. The Hall–Kier alpha value is -1.05. The molecule has 2 unspecified atom stereocenters. The van der Waals surface area contributed by atoms with Gasteiger partial charge in [0.2, 0.25) is 10.0 Å². The standard InChI is InChI=1S/C12H16F2N2O2S/c1-8-3-2-6-16(12(8)15)19(17,18)9-4-5-10(13)11(14)7-9/h4-5,7-8,12H,2-3,6,15H2,1H3. The Bertz CT molecular complexity index is 577. The summed E-state index contributed by atoms with van der Waals surface area (Å²) < 4.78 is 51.9. The molecule has 0 aromatic heterocycles. The molecule has 19 heavy (non-hydrogen) atoms. The van der Waals surface area contributed by atoms with Gasteiger partial charge in [0.05, 0.1) is 11.1 Å². The molecular weight excluding hydrogens is 274 g/mol. The molecule has 0 bridgehead atoms. The molecule has 0 spiro atoms. The van der Waals surface area contributed by atoms with Crippen LogP contribution in [0.15, 0.2) is 23.1 Å². The van der Waals surface area contributed by atoms with Crippen molar-refractivity contribution >= 4 is 10.0 Å². The Morgan fingerprint density at radius 3 is 2.63 bits per heavy atom. The van der Waals surface area contributed by atoms with E-state index >= 15 is 0 Å². The third-order valence-corrected chi connectivity index (χ3v) is 5.34. The minimum Gasteiger partial charge on any atom is -0.315 e. The summed E-state index contributed by atoms with van der Waals surface area (Å²) in [6.07, 6.45) is 0.926. The quantitative estimate of drug-likeness (QED) is 0.901. The lowest BCUT2D eigenvalue weighted by atomic mass is 9.99. The number of rotatable bonds is 2. The summed E-state index contributed by atoms with van der Waals surface area (Å²) in [6.45, 7) is 2.17. The fourth-order valence-corrected chi connectivity index (χ4v) is 3.89. The van der Waals surface area contributed by atoms with Crippen molar-refractivity contribution < 1.29 is 17.2 Å². The van der Waals surface area contributed by atoms with E-state index in [1.807, 2.05) is 6.92 Å². The highest BCUT2D eigenvalue weighted by molar-refractivity contribution is 7.89. The van der Waals surface area contributed by atoms with Crippen LogP contribution in [-0.2, 0) is 10.0 Å². The lowest BCUT2D eigenvalue weighted by molar-refractivity contribution is 0.192. The molecule has 1 aromatic carbocycles. The van der Waals surface area contributed by atoms with Crippen LogP contribution in [-0.4, -0.2) is 25.4 Å². The fourth-order valence-electron chi connectivity index (χ4n) is 2.23. The summed E-state index contributed by atoms with van der Waals surface area (Å²) >= 11 is 0. The number of nitrogens with two attached hydrogens (primary N) is 1. The first-order valence-corrected chi connectivity index (χ1v) is 7.50. The van der Waals surface area contributed by atoms with Crippen LogP contribution in [0.2, 0.25) is 0 Å². The molecule has 2 rings (SSSR count). The third-order valence-electron chi connectivity index (χ3n) is 3.45. The van der Waals surface area contributed by atoms with E-state index in [0.717, 1.165) is 22.9 Å². The van der Waals surface area contributed by atoms with Crippen molar-refractivity contribution in [2.45, 2.75) is 30.8 Å². The van der Waals surface area contributed by atoms with Crippen LogP contribution in [0.4, 0.5) is 8.78 Å². The Balaban J connectivity index is 2.38. The van der Waals surface area contributed by atoms with Gasteiger partial charge < -0.3 is 5.73 Å². The molecule has 7 heteroatoms. The molecule has 1 heterocycles. The maximum Gasteiger partial charge on any atom is 0.244 e. The van der Waals surface area contributed by atoms with Gasteiger partial charge >= 0.3 is 0 Å². The molecule has 1 saturated heterocycles. The van der Waals surface area contributed by atoms with E-state index in [4.69, 9.17) is 5.73 Å². The summed E-state index contributed by atoms with van der Waals surface area (Å²) in [6, 6.07) is 2.55. The van der Waals surface area contributed by atoms with E-state index < -0.39 is 27.8 Å². The van der Waals surface area contributed by atoms with Crippen LogP contribution in [0.1, 0.15) is 19.8 Å². The normalized spacial score (nSPS) is 25.5. The summed E-state index contributed by atoms with van der Waals surface area (Å²) in [5.74, 6) is -2.22. The zero-order chi connectivity index (χ0) is 14.2. The van der Waals surface area contributed by atoms with Crippen LogP contribution in [0.3, 0.4) is 0 Å². The molecule has 2 N–H and O–H groups in total. The monoisotopic (exact) mass is 290 g/mol. The Labute approximate surface area is 111 Å². The first-order chi connectivity index (χ1) is 8.84. The van der Waals surface area contributed by atoms with Gasteiger partial charge in [-0.25, -0.2) is 17.2 Å². The largest absolute Gasteiger partial charge is 0.315 e. The molecule has 106 valence electrons. The molecule has 4 nitrogen and oxygen atoms in total. The van der Waals surface area contributed by atoms with Crippen molar-refractivity contribution in [2.75, 3.05) is 6.54 Å². The predicted molar refractivity (Wildman–Crippen MR) is 66.6 cm³/mol. The lowest BCUT2D eigenvalue weighted by Gasteiger charge is -2.36. The average molecular weight is 290 g/mol. The van der Waals surface area contributed by atoms with Gasteiger partial charge in [0.15, 0.2) is 11.6 Å². The van der Waals surface area contributed by atoms with Crippen molar-refractivity contribution in [3.8, 4) is 0 Å². The van der Waals surface area contributed by atoms with E-state index in [2.05, 4.69) is 0 Å². The van der Waals surface area contributed by atoms with Gasteiger partial charge in [0.1, 0.15) is 0 Å². The molecule has 0 saturated carbocycles. The zero-order valence-electron chi connectivity index (χ0n) is 10.5. The highest BCUT2D eigenvalue weighted by atomic mass is 32.2. The molecule has 1 aliphatic heterocycles. The third kappa shape index (κ3) is 2.63. The van der Waals surface area contributed by atoms with Gasteiger partial charge in [-0.05, 0) is 37.0 Å². The Morgan fingerprint density at radius 2 is 2.00 bits per heavy atom. The molecular formula is C12H16F2N2O2S. The number of hydrogen-bond acceptors (Lipinski definition) is 3. The Morgan fingerprint density at radius 1 is 1.32 bits per heavy atom. The Kier molecular flexibility index (Phi) is 3.89. The average Bonchev–Trinajstić information content (AvgIpc) is 2.35. The second-order valence-corrected chi connectivity index (χ2v) is 6.69. The number of sulfonamides is 1. The van der Waals surface area contributed by atoms with E-state index in [1.54, 1.807) is 0 Å². The molecule has 0 radical (unpaired) electrons. The zero-order valence-corrected chi connectivity index (χ0v) is 11.3. The van der Waals surface area contributed by atoms with Gasteiger partial charge in [-0.1, -0.05) is 6.92 Å². The summed E-state index contributed by atoms with van der Waals surface area (Å²) in [7, 11) is -3.88. The molecule has 0 amide bonds.